The van der Waals surface area contributed by atoms with Gasteiger partial charge in [0.05, 0.1) is 19.9 Å². The second-order valence-electron chi connectivity index (χ2n) is 5.32. The van der Waals surface area contributed by atoms with E-state index in [1.54, 1.807) is 37.3 Å². The van der Waals surface area contributed by atoms with Crippen LogP contribution in [0.5, 0.6) is 11.5 Å². The zero-order valence-electron chi connectivity index (χ0n) is 13.9. The highest BCUT2D eigenvalue weighted by Gasteiger charge is 2.10. The maximum atomic E-state index is 5.37. The lowest BCUT2D eigenvalue weighted by atomic mass is 10.2. The predicted molar refractivity (Wildman–Crippen MR) is 101 cm³/mol. The Morgan fingerprint density at radius 3 is 2.46 bits per heavy atom. The van der Waals surface area contributed by atoms with Crippen LogP contribution in [0, 0.1) is 6.92 Å². The van der Waals surface area contributed by atoms with Crippen LogP contribution >= 0.6 is 23.1 Å². The van der Waals surface area contributed by atoms with Gasteiger partial charge in [0.2, 0.25) is 0 Å². The highest BCUT2D eigenvalue weighted by Crippen LogP contribution is 2.34. The monoisotopic (exact) mass is 357 g/mol. The van der Waals surface area contributed by atoms with Crippen LogP contribution in [0.25, 0.3) is 10.6 Å². The van der Waals surface area contributed by atoms with E-state index in [0.717, 1.165) is 33.5 Å². The third kappa shape index (κ3) is 3.91. The minimum atomic E-state index is 0.723. The molecule has 1 heterocycles. The minimum Gasteiger partial charge on any atom is -0.493 e. The van der Waals surface area contributed by atoms with Crippen molar-refractivity contribution in [2.24, 2.45) is 0 Å². The quantitative estimate of drug-likeness (QED) is 0.551. The molecule has 0 saturated heterocycles. The second kappa shape index (κ2) is 7.73. The first-order chi connectivity index (χ1) is 11.7. The average Bonchev–Trinajstić information content (AvgIpc) is 3.09. The van der Waals surface area contributed by atoms with Gasteiger partial charge in [-0.2, -0.15) is 0 Å². The van der Waals surface area contributed by atoms with Crippen molar-refractivity contribution in [3.05, 3.63) is 59.1 Å². The van der Waals surface area contributed by atoms with E-state index in [0.29, 0.717) is 0 Å². The van der Waals surface area contributed by atoms with Crippen LogP contribution in [0.15, 0.2) is 52.7 Å². The number of hydrogen-bond donors (Lipinski definition) is 0. The fraction of sp³-hybridized carbons (Fsp3) is 0.211. The molecule has 5 heteroatoms. The summed E-state index contributed by atoms with van der Waals surface area (Å²) in [7, 11) is 3.29. The molecule has 0 amide bonds. The van der Waals surface area contributed by atoms with Crippen LogP contribution < -0.4 is 9.47 Å². The molecular formula is C19H19NO2S2. The van der Waals surface area contributed by atoms with Crippen LogP contribution in [-0.4, -0.2) is 19.2 Å². The van der Waals surface area contributed by atoms with Crippen molar-refractivity contribution in [3.63, 3.8) is 0 Å². The van der Waals surface area contributed by atoms with Gasteiger partial charge in [-0.15, -0.1) is 23.1 Å². The summed E-state index contributed by atoms with van der Waals surface area (Å²) in [6.45, 7) is 2.10. The fourth-order valence-corrected chi connectivity index (χ4v) is 3.98. The van der Waals surface area contributed by atoms with Crippen molar-refractivity contribution >= 4 is 23.1 Å². The number of thioether (sulfide) groups is 1. The zero-order valence-corrected chi connectivity index (χ0v) is 15.5. The van der Waals surface area contributed by atoms with E-state index in [1.807, 2.05) is 18.2 Å². The number of nitrogens with zero attached hydrogens (tertiary/aromatic N) is 1. The molecule has 24 heavy (non-hydrogen) atoms. The molecule has 0 aliphatic rings. The van der Waals surface area contributed by atoms with E-state index in [4.69, 9.17) is 14.5 Å². The number of benzene rings is 2. The van der Waals surface area contributed by atoms with Crippen molar-refractivity contribution in [3.8, 4) is 22.1 Å². The molecule has 2 aromatic carbocycles. The van der Waals surface area contributed by atoms with E-state index in [1.165, 1.54) is 10.5 Å². The Balaban J connectivity index is 1.72. The van der Waals surface area contributed by atoms with Crippen molar-refractivity contribution in [2.75, 3.05) is 14.2 Å². The van der Waals surface area contributed by atoms with Gasteiger partial charge < -0.3 is 9.47 Å². The number of ether oxygens (including phenoxy) is 2. The van der Waals surface area contributed by atoms with Gasteiger partial charge in [0.15, 0.2) is 11.5 Å². The molecule has 0 unspecified atom stereocenters. The molecule has 3 nitrogen and oxygen atoms in total. The maximum absolute atomic E-state index is 5.37. The molecule has 0 atom stereocenters. The zero-order chi connectivity index (χ0) is 16.9. The molecule has 0 radical (unpaired) electrons. The summed E-state index contributed by atoms with van der Waals surface area (Å²) in [6.07, 6.45) is 0. The van der Waals surface area contributed by atoms with Gasteiger partial charge in [0, 0.05) is 21.6 Å². The standard InChI is InChI=1S/C19H19NO2S2/c1-13-4-7-16(8-5-13)23-11-15-12-24-19(20-15)14-6-9-17(21-2)18(10-14)22-3/h4-10,12H,11H2,1-3H3. The lowest BCUT2D eigenvalue weighted by Gasteiger charge is -2.08. The van der Waals surface area contributed by atoms with Gasteiger partial charge in [0.1, 0.15) is 5.01 Å². The molecule has 0 N–H and O–H groups in total. The molecule has 3 aromatic rings. The van der Waals surface area contributed by atoms with Crippen LogP contribution in [0.1, 0.15) is 11.3 Å². The number of hydrogen-bond acceptors (Lipinski definition) is 5. The first-order valence-electron chi connectivity index (χ1n) is 7.56. The van der Waals surface area contributed by atoms with Gasteiger partial charge in [-0.3, -0.25) is 0 Å². The molecule has 0 saturated carbocycles. The van der Waals surface area contributed by atoms with E-state index in [-0.39, 0.29) is 0 Å². The smallest absolute Gasteiger partial charge is 0.161 e. The molecule has 0 fully saturated rings. The van der Waals surface area contributed by atoms with Crippen molar-refractivity contribution in [1.82, 2.24) is 4.98 Å². The Bertz CT molecular complexity index is 812. The topological polar surface area (TPSA) is 31.4 Å². The van der Waals surface area contributed by atoms with Gasteiger partial charge >= 0.3 is 0 Å². The van der Waals surface area contributed by atoms with E-state index in [9.17, 15) is 0 Å². The summed E-state index contributed by atoms with van der Waals surface area (Å²) in [5.41, 5.74) is 3.42. The SMILES string of the molecule is COc1ccc(-c2nc(CSc3ccc(C)cc3)cs2)cc1OC. The van der Waals surface area contributed by atoms with Gasteiger partial charge in [-0.25, -0.2) is 4.98 Å². The Morgan fingerprint density at radius 2 is 1.75 bits per heavy atom. The summed E-state index contributed by atoms with van der Waals surface area (Å²) in [5.74, 6) is 2.32. The first-order valence-corrected chi connectivity index (χ1v) is 9.42. The molecule has 124 valence electrons. The Hall–Kier alpha value is -1.98. The second-order valence-corrected chi connectivity index (χ2v) is 7.22. The molecule has 0 aliphatic carbocycles. The van der Waals surface area contributed by atoms with Crippen molar-refractivity contribution in [2.45, 2.75) is 17.6 Å². The Labute approximate surface area is 150 Å². The van der Waals surface area contributed by atoms with Crippen LogP contribution in [0.3, 0.4) is 0 Å². The largest absolute Gasteiger partial charge is 0.493 e. The third-order valence-electron chi connectivity index (χ3n) is 3.59. The van der Waals surface area contributed by atoms with E-state index in [2.05, 4.69) is 36.6 Å². The van der Waals surface area contributed by atoms with Crippen molar-refractivity contribution < 1.29 is 9.47 Å². The summed E-state index contributed by atoms with van der Waals surface area (Å²) in [5, 5.41) is 3.11. The minimum absolute atomic E-state index is 0.723. The van der Waals surface area contributed by atoms with Crippen LogP contribution in [-0.2, 0) is 5.75 Å². The number of methoxy groups -OCH3 is 2. The van der Waals surface area contributed by atoms with Crippen LogP contribution in [0.2, 0.25) is 0 Å². The fourth-order valence-electron chi connectivity index (χ4n) is 2.27. The Morgan fingerprint density at radius 1 is 1.00 bits per heavy atom. The molecule has 0 spiro atoms. The van der Waals surface area contributed by atoms with E-state index < -0.39 is 0 Å². The number of aromatic nitrogens is 1. The van der Waals surface area contributed by atoms with Gasteiger partial charge in [-0.05, 0) is 37.3 Å². The van der Waals surface area contributed by atoms with Crippen molar-refractivity contribution in [1.29, 1.82) is 0 Å². The molecule has 0 bridgehead atoms. The lowest BCUT2D eigenvalue weighted by Crippen LogP contribution is -1.90. The first kappa shape index (κ1) is 16.9. The average molecular weight is 358 g/mol. The maximum Gasteiger partial charge on any atom is 0.161 e. The third-order valence-corrected chi connectivity index (χ3v) is 5.58. The number of rotatable bonds is 6. The predicted octanol–water partition coefficient (Wildman–Crippen LogP) is 5.43. The number of aryl methyl sites for hydroxylation is 1. The molecule has 3 rings (SSSR count). The summed E-state index contributed by atoms with van der Waals surface area (Å²) < 4.78 is 10.7. The Kier molecular flexibility index (Phi) is 5.43. The van der Waals surface area contributed by atoms with Crippen LogP contribution in [0.4, 0.5) is 0 Å². The highest BCUT2D eigenvalue weighted by atomic mass is 32.2. The van der Waals surface area contributed by atoms with Gasteiger partial charge in [0.25, 0.3) is 0 Å². The molecule has 1 aromatic heterocycles. The summed E-state index contributed by atoms with van der Waals surface area (Å²) in [4.78, 5) is 6.01. The summed E-state index contributed by atoms with van der Waals surface area (Å²) in [6, 6.07) is 14.5. The van der Waals surface area contributed by atoms with Gasteiger partial charge in [-0.1, -0.05) is 17.7 Å². The molecular weight excluding hydrogens is 338 g/mol. The molecule has 0 aliphatic heterocycles. The van der Waals surface area contributed by atoms with E-state index >= 15 is 0 Å². The summed E-state index contributed by atoms with van der Waals surface area (Å²) >= 11 is 3.46. The number of thiazole rings is 1. The lowest BCUT2D eigenvalue weighted by molar-refractivity contribution is 0.355. The highest BCUT2D eigenvalue weighted by molar-refractivity contribution is 7.98. The normalized spacial score (nSPS) is 10.6.